The molecule has 1 aromatic heterocycles. The van der Waals surface area contributed by atoms with Crippen molar-refractivity contribution < 1.29 is 37.1 Å². The largest absolute Gasteiger partial charge is 0.493 e. The summed E-state index contributed by atoms with van der Waals surface area (Å²) in [7, 11) is 2.85. The van der Waals surface area contributed by atoms with E-state index in [-0.39, 0.29) is 28.0 Å². The van der Waals surface area contributed by atoms with Crippen LogP contribution in [0, 0.1) is 10.1 Å². The third-order valence-corrected chi connectivity index (χ3v) is 8.34. The van der Waals surface area contributed by atoms with Gasteiger partial charge in [0.05, 0.1) is 36.9 Å². The lowest BCUT2D eigenvalue weighted by atomic mass is 9.96. The van der Waals surface area contributed by atoms with Crippen molar-refractivity contribution in [3.8, 4) is 23.0 Å². The number of nitro benzene ring substituents is 1. The Kier molecular flexibility index (Phi) is 8.15. The molecule has 4 aromatic rings. The fourth-order valence-corrected chi connectivity index (χ4v) is 6.05. The van der Waals surface area contributed by atoms with E-state index in [1.54, 1.807) is 24.3 Å². The van der Waals surface area contributed by atoms with Crippen molar-refractivity contribution in [2.45, 2.75) is 43.9 Å². The van der Waals surface area contributed by atoms with Crippen LogP contribution in [-0.2, 0) is 12.8 Å². The molecule has 3 aromatic carbocycles. The van der Waals surface area contributed by atoms with Crippen molar-refractivity contribution in [3.63, 3.8) is 0 Å². The number of carbonyl (C=O) groups is 1. The Morgan fingerprint density at radius 1 is 1.04 bits per heavy atom. The number of rotatable bonds is 8. The number of carbonyl (C=O) groups excluding carboxylic acids is 1. The summed E-state index contributed by atoms with van der Waals surface area (Å²) in [5, 5.41) is 20.7. The van der Waals surface area contributed by atoms with Gasteiger partial charge in [0.15, 0.2) is 23.2 Å². The van der Waals surface area contributed by atoms with Gasteiger partial charge in [-0.3, -0.25) is 14.9 Å². The highest BCUT2D eigenvalue weighted by Gasteiger charge is 2.48. The molecule has 6 rings (SSSR count). The number of non-ortho nitro benzene ring substituents is 1. The zero-order chi connectivity index (χ0) is 32.7. The van der Waals surface area contributed by atoms with E-state index in [0.717, 1.165) is 30.9 Å². The normalized spacial score (nSPS) is 17.0. The van der Waals surface area contributed by atoms with Crippen LogP contribution in [0.2, 0.25) is 5.02 Å². The first-order chi connectivity index (χ1) is 21.9. The number of nitro groups is 1. The molecular weight excluding hydrogens is 631 g/mol. The number of hydrogen-bond acceptors (Lipinski definition) is 8. The minimum Gasteiger partial charge on any atom is -0.493 e. The molecule has 46 heavy (non-hydrogen) atoms. The van der Waals surface area contributed by atoms with Crippen LogP contribution in [0.15, 0.2) is 54.6 Å². The van der Waals surface area contributed by atoms with E-state index in [0.29, 0.717) is 27.5 Å². The maximum atomic E-state index is 14.3. The maximum absolute atomic E-state index is 14.3. The zero-order valence-corrected chi connectivity index (χ0v) is 25.2. The first-order valence-corrected chi connectivity index (χ1v) is 14.6. The highest BCUT2D eigenvalue weighted by atomic mass is 35.5. The van der Waals surface area contributed by atoms with Gasteiger partial charge in [-0.15, -0.1) is 0 Å². The molecule has 0 radical (unpaired) electrons. The van der Waals surface area contributed by atoms with Gasteiger partial charge in [0.1, 0.15) is 22.3 Å². The van der Waals surface area contributed by atoms with Crippen molar-refractivity contribution in [2.75, 3.05) is 24.9 Å². The summed E-state index contributed by atoms with van der Waals surface area (Å²) in [5.41, 5.74) is 1.90. The topological polar surface area (TPSA) is 130 Å². The average Bonchev–Trinajstić information content (AvgIpc) is 3.63. The minimum atomic E-state index is -4.74. The van der Waals surface area contributed by atoms with Crippen LogP contribution in [0.1, 0.15) is 52.1 Å². The second kappa shape index (κ2) is 12.1. The highest BCUT2D eigenvalue weighted by Crippen LogP contribution is 2.47. The zero-order valence-electron chi connectivity index (χ0n) is 24.5. The van der Waals surface area contributed by atoms with Gasteiger partial charge in [0.2, 0.25) is 0 Å². The van der Waals surface area contributed by atoms with Crippen molar-refractivity contribution in [1.82, 2.24) is 9.78 Å². The molecule has 1 aliphatic carbocycles. The quantitative estimate of drug-likeness (QED) is 0.146. The molecule has 15 heteroatoms. The molecule has 2 heterocycles. The van der Waals surface area contributed by atoms with E-state index in [9.17, 15) is 28.1 Å². The first kappa shape index (κ1) is 31.0. The monoisotopic (exact) mass is 657 g/mol. The number of aryl methyl sites for hydroxylation is 2. The van der Waals surface area contributed by atoms with Gasteiger partial charge >= 0.3 is 6.18 Å². The number of anilines is 2. The van der Waals surface area contributed by atoms with E-state index >= 15 is 0 Å². The molecule has 2 aliphatic rings. The third kappa shape index (κ3) is 5.99. The number of aromatic nitrogens is 2. The van der Waals surface area contributed by atoms with Gasteiger partial charge in [-0.1, -0.05) is 23.7 Å². The van der Waals surface area contributed by atoms with Crippen LogP contribution >= 0.6 is 11.6 Å². The number of nitrogens with zero attached hydrogens (tertiary/aromatic N) is 3. The van der Waals surface area contributed by atoms with Crippen LogP contribution < -0.4 is 24.8 Å². The average molecular weight is 658 g/mol. The molecule has 0 saturated heterocycles. The molecule has 0 bridgehead atoms. The van der Waals surface area contributed by atoms with Crippen LogP contribution in [0.4, 0.5) is 30.4 Å². The first-order valence-electron chi connectivity index (χ1n) is 14.2. The Labute approximate surface area is 265 Å². The fraction of sp³-hybridized carbons (Fsp3) is 0.290. The van der Waals surface area contributed by atoms with Gasteiger partial charge in [0, 0.05) is 18.6 Å². The van der Waals surface area contributed by atoms with E-state index in [1.807, 2.05) is 12.1 Å². The molecule has 0 saturated carbocycles. The van der Waals surface area contributed by atoms with Gasteiger partial charge in [-0.2, -0.15) is 18.3 Å². The predicted molar refractivity (Wildman–Crippen MR) is 162 cm³/mol. The van der Waals surface area contributed by atoms with E-state index < -0.39 is 41.2 Å². The van der Waals surface area contributed by atoms with Gasteiger partial charge in [-0.05, 0) is 60.2 Å². The molecule has 1 amide bonds. The van der Waals surface area contributed by atoms with Crippen molar-refractivity contribution in [2.24, 2.45) is 0 Å². The Balaban J connectivity index is 1.29. The smallest absolute Gasteiger partial charge is 0.410 e. The van der Waals surface area contributed by atoms with Gasteiger partial charge < -0.3 is 24.8 Å². The SMILES string of the molecule is COc1ccc(C2CC(C(F)(F)F)n3nc(C(=O)Nc4cc(Oc5ccc6c(c5)CCC6)cc([N+](=O)[O-])c4)c(Cl)c3N2)cc1OC. The second-order valence-corrected chi connectivity index (χ2v) is 11.3. The second-order valence-electron chi connectivity index (χ2n) is 10.9. The van der Waals surface area contributed by atoms with Crippen molar-refractivity contribution >= 4 is 34.7 Å². The lowest BCUT2D eigenvalue weighted by Crippen LogP contribution is -2.35. The van der Waals surface area contributed by atoms with Gasteiger partial charge in [0.25, 0.3) is 11.6 Å². The Morgan fingerprint density at radius 3 is 2.52 bits per heavy atom. The number of fused-ring (bicyclic) bond motifs is 2. The number of ether oxygens (including phenoxy) is 3. The fourth-order valence-electron chi connectivity index (χ4n) is 5.78. The summed E-state index contributed by atoms with van der Waals surface area (Å²) >= 11 is 6.49. The van der Waals surface area contributed by atoms with Crippen LogP contribution in [0.25, 0.3) is 0 Å². The Hall–Kier alpha value is -4.98. The number of hydrogen-bond donors (Lipinski definition) is 2. The number of amides is 1. The molecule has 0 fully saturated rings. The molecule has 2 atom stereocenters. The molecule has 2 N–H and O–H groups in total. The lowest BCUT2D eigenvalue weighted by molar-refractivity contribution is -0.384. The summed E-state index contributed by atoms with van der Waals surface area (Å²) in [6.45, 7) is 0. The highest BCUT2D eigenvalue weighted by molar-refractivity contribution is 6.36. The van der Waals surface area contributed by atoms with E-state index in [1.165, 1.54) is 31.9 Å². The molecule has 240 valence electrons. The number of methoxy groups -OCH3 is 2. The predicted octanol–water partition coefficient (Wildman–Crippen LogP) is 7.66. The van der Waals surface area contributed by atoms with Crippen molar-refractivity contribution in [3.05, 3.63) is 92.1 Å². The molecular formula is C31H27ClF3N5O6. The standard InChI is InChI=1S/C31H27ClF3N5O6/c1-44-24-9-7-18(11-25(24)45-2)23-15-26(31(33,34)35)39-29(37-23)27(32)28(38-39)30(41)36-19-12-20(40(42)43)14-22(13-19)46-21-8-6-16-4-3-5-17(16)10-21/h6-14,23,26,37H,3-5,15H2,1-2H3,(H,36,41). The third-order valence-electron chi connectivity index (χ3n) is 7.99. The van der Waals surface area contributed by atoms with E-state index in [2.05, 4.69) is 15.7 Å². The number of alkyl halides is 3. The van der Waals surface area contributed by atoms with Gasteiger partial charge in [-0.25, -0.2) is 4.68 Å². The molecule has 1 aliphatic heterocycles. The number of benzene rings is 3. The van der Waals surface area contributed by atoms with E-state index in [4.69, 9.17) is 25.8 Å². The van der Waals surface area contributed by atoms with Crippen molar-refractivity contribution in [1.29, 1.82) is 0 Å². The molecule has 11 nitrogen and oxygen atoms in total. The summed E-state index contributed by atoms with van der Waals surface area (Å²) in [6.07, 6.45) is -2.30. The maximum Gasteiger partial charge on any atom is 0.410 e. The summed E-state index contributed by atoms with van der Waals surface area (Å²) in [5.74, 6) is 0.0948. The van der Waals surface area contributed by atoms with Crippen LogP contribution in [0.3, 0.4) is 0 Å². The Morgan fingerprint density at radius 2 is 1.80 bits per heavy atom. The molecule has 0 spiro atoms. The Bertz CT molecular complexity index is 1850. The lowest BCUT2D eigenvalue weighted by Gasteiger charge is -2.33. The number of halogens is 4. The summed E-state index contributed by atoms with van der Waals surface area (Å²) in [6, 6.07) is 11.0. The van der Waals surface area contributed by atoms with Crippen LogP contribution in [0.5, 0.6) is 23.0 Å². The number of nitrogens with one attached hydrogen (secondary N) is 2. The summed E-state index contributed by atoms with van der Waals surface area (Å²) in [4.78, 5) is 24.4. The molecule has 2 unspecified atom stereocenters. The van der Waals surface area contributed by atoms with Crippen LogP contribution in [-0.4, -0.2) is 41.0 Å². The summed E-state index contributed by atoms with van der Waals surface area (Å²) < 4.78 is 60.0. The minimum absolute atomic E-state index is 0.0408.